The number of hydrogen-bond acceptors (Lipinski definition) is 4. The lowest BCUT2D eigenvalue weighted by atomic mass is 9.98. The van der Waals surface area contributed by atoms with E-state index in [0.717, 1.165) is 17.1 Å². The zero-order valence-corrected chi connectivity index (χ0v) is 11.7. The minimum absolute atomic E-state index is 0.154. The molecule has 0 atom stereocenters. The Morgan fingerprint density at radius 1 is 0.864 bits per heavy atom. The molecule has 0 spiro atoms. The Balaban J connectivity index is 2.05. The lowest BCUT2D eigenvalue weighted by Crippen LogP contribution is -2.06. The molecule has 3 aromatic rings. The van der Waals surface area contributed by atoms with Crippen LogP contribution in [0, 0.1) is 0 Å². The third-order valence-corrected chi connectivity index (χ3v) is 3.58. The molecule has 0 aliphatic carbocycles. The van der Waals surface area contributed by atoms with E-state index in [1.165, 1.54) is 0 Å². The summed E-state index contributed by atoms with van der Waals surface area (Å²) in [5.74, 6) is -0.154. The van der Waals surface area contributed by atoms with Gasteiger partial charge in [-0.15, -0.1) is 0 Å². The minimum atomic E-state index is -0.154. The van der Waals surface area contributed by atoms with Crippen molar-refractivity contribution in [3.63, 3.8) is 0 Å². The highest BCUT2D eigenvalue weighted by Crippen LogP contribution is 2.23. The molecule has 4 heteroatoms. The van der Waals surface area contributed by atoms with Gasteiger partial charge >= 0.3 is 0 Å². The number of nitrogen functional groups attached to an aromatic ring is 2. The van der Waals surface area contributed by atoms with Crippen LogP contribution in [-0.2, 0) is 0 Å². The topological polar surface area (TPSA) is 86.2 Å². The molecule has 0 unspecified atom stereocenters. The van der Waals surface area contributed by atoms with Crippen LogP contribution in [0.15, 0.2) is 54.6 Å². The molecule has 3 rings (SSSR count). The number of aldehydes is 1. The number of nitrogens with two attached hydrogens (primary N) is 2. The molecule has 22 heavy (non-hydrogen) atoms. The molecule has 0 saturated carbocycles. The van der Waals surface area contributed by atoms with Gasteiger partial charge in [-0.1, -0.05) is 24.3 Å². The Kier molecular flexibility index (Phi) is 3.35. The fourth-order valence-corrected chi connectivity index (χ4v) is 2.42. The maximum atomic E-state index is 12.6. The van der Waals surface area contributed by atoms with E-state index in [4.69, 9.17) is 11.5 Å². The van der Waals surface area contributed by atoms with Crippen LogP contribution in [-0.4, -0.2) is 12.1 Å². The van der Waals surface area contributed by atoms with Crippen LogP contribution in [0.4, 0.5) is 11.4 Å². The van der Waals surface area contributed by atoms with Crippen molar-refractivity contribution < 1.29 is 9.59 Å². The first-order valence-corrected chi connectivity index (χ1v) is 6.77. The molecule has 0 saturated heterocycles. The van der Waals surface area contributed by atoms with Crippen molar-refractivity contribution in [3.05, 3.63) is 71.3 Å². The summed E-state index contributed by atoms with van der Waals surface area (Å²) in [6.45, 7) is 0. The standard InChI is InChI=1S/C18H14N2O2/c19-15-5-6-16(17(20)9-15)18(22)14-4-3-12-7-11(10-21)1-2-13(12)8-14/h1-10H,19-20H2. The van der Waals surface area contributed by atoms with Crippen LogP contribution in [0.2, 0.25) is 0 Å². The van der Waals surface area contributed by atoms with E-state index in [-0.39, 0.29) is 5.78 Å². The minimum Gasteiger partial charge on any atom is -0.399 e. The van der Waals surface area contributed by atoms with E-state index in [1.54, 1.807) is 42.5 Å². The summed E-state index contributed by atoms with van der Waals surface area (Å²) < 4.78 is 0. The SMILES string of the molecule is Nc1ccc(C(=O)c2ccc3cc(C=O)ccc3c2)c(N)c1. The lowest BCUT2D eigenvalue weighted by Gasteiger charge is -2.07. The first-order chi connectivity index (χ1) is 10.6. The maximum Gasteiger partial charge on any atom is 0.195 e. The van der Waals surface area contributed by atoms with Crippen LogP contribution in [0.5, 0.6) is 0 Å². The number of anilines is 2. The van der Waals surface area contributed by atoms with Gasteiger partial charge in [0.1, 0.15) is 6.29 Å². The van der Waals surface area contributed by atoms with Crippen LogP contribution in [0.1, 0.15) is 26.3 Å². The zero-order chi connectivity index (χ0) is 15.7. The molecule has 4 N–H and O–H groups in total. The van der Waals surface area contributed by atoms with E-state index in [9.17, 15) is 9.59 Å². The van der Waals surface area contributed by atoms with E-state index in [1.807, 2.05) is 12.1 Å². The summed E-state index contributed by atoms with van der Waals surface area (Å²) in [6, 6.07) is 15.5. The third-order valence-electron chi connectivity index (χ3n) is 3.58. The fourth-order valence-electron chi connectivity index (χ4n) is 2.42. The number of hydrogen-bond donors (Lipinski definition) is 2. The average Bonchev–Trinajstić information content (AvgIpc) is 2.53. The number of carbonyl (C=O) groups excluding carboxylic acids is 2. The highest BCUT2D eigenvalue weighted by atomic mass is 16.1. The smallest absolute Gasteiger partial charge is 0.195 e. The summed E-state index contributed by atoms with van der Waals surface area (Å²) in [5, 5.41) is 1.80. The molecule has 0 bridgehead atoms. The summed E-state index contributed by atoms with van der Waals surface area (Å²) >= 11 is 0. The molecular weight excluding hydrogens is 276 g/mol. The van der Waals surface area contributed by atoms with Crippen LogP contribution in [0.25, 0.3) is 10.8 Å². The summed E-state index contributed by atoms with van der Waals surface area (Å²) in [5.41, 5.74) is 14.0. The summed E-state index contributed by atoms with van der Waals surface area (Å²) in [4.78, 5) is 23.4. The maximum absolute atomic E-state index is 12.6. The first kappa shape index (κ1) is 13.8. The normalized spacial score (nSPS) is 10.5. The predicted octanol–water partition coefficient (Wildman–Crippen LogP) is 3.05. The lowest BCUT2D eigenvalue weighted by molar-refractivity contribution is 0.103. The van der Waals surface area contributed by atoms with Crippen molar-refractivity contribution in [2.75, 3.05) is 11.5 Å². The molecule has 108 valence electrons. The second kappa shape index (κ2) is 5.33. The number of benzene rings is 3. The van der Waals surface area contributed by atoms with Crippen molar-refractivity contribution in [1.82, 2.24) is 0 Å². The molecule has 0 aliphatic heterocycles. The van der Waals surface area contributed by atoms with Gasteiger partial charge in [0.2, 0.25) is 0 Å². The van der Waals surface area contributed by atoms with Crippen molar-refractivity contribution in [1.29, 1.82) is 0 Å². The Bertz CT molecular complexity index is 901. The van der Waals surface area contributed by atoms with Gasteiger partial charge in [0.05, 0.1) is 0 Å². The quantitative estimate of drug-likeness (QED) is 0.441. The van der Waals surface area contributed by atoms with Crippen molar-refractivity contribution in [3.8, 4) is 0 Å². The first-order valence-electron chi connectivity index (χ1n) is 6.77. The third kappa shape index (κ3) is 2.42. The van der Waals surface area contributed by atoms with Gasteiger partial charge in [0.15, 0.2) is 5.78 Å². The Morgan fingerprint density at radius 3 is 2.32 bits per heavy atom. The molecule has 0 radical (unpaired) electrons. The number of carbonyl (C=O) groups is 2. The predicted molar refractivity (Wildman–Crippen MR) is 88.0 cm³/mol. The molecule has 3 aromatic carbocycles. The van der Waals surface area contributed by atoms with Gasteiger partial charge in [-0.3, -0.25) is 9.59 Å². The fraction of sp³-hybridized carbons (Fsp3) is 0. The molecular formula is C18H14N2O2. The molecule has 0 heterocycles. The second-order valence-corrected chi connectivity index (χ2v) is 5.12. The largest absolute Gasteiger partial charge is 0.399 e. The average molecular weight is 290 g/mol. The Morgan fingerprint density at radius 2 is 1.59 bits per heavy atom. The van der Waals surface area contributed by atoms with Gasteiger partial charge in [0.25, 0.3) is 0 Å². The van der Waals surface area contributed by atoms with E-state index >= 15 is 0 Å². The molecule has 0 fully saturated rings. The number of fused-ring (bicyclic) bond motifs is 1. The molecule has 0 aliphatic rings. The summed E-state index contributed by atoms with van der Waals surface area (Å²) in [7, 11) is 0. The number of rotatable bonds is 3. The van der Waals surface area contributed by atoms with Gasteiger partial charge in [-0.05, 0) is 41.1 Å². The Labute approximate surface area is 127 Å². The summed E-state index contributed by atoms with van der Waals surface area (Å²) in [6.07, 6.45) is 0.799. The highest BCUT2D eigenvalue weighted by Gasteiger charge is 2.13. The van der Waals surface area contributed by atoms with Gasteiger partial charge in [-0.2, -0.15) is 0 Å². The highest BCUT2D eigenvalue weighted by molar-refractivity contribution is 6.13. The van der Waals surface area contributed by atoms with E-state index in [0.29, 0.717) is 28.1 Å². The van der Waals surface area contributed by atoms with E-state index in [2.05, 4.69) is 0 Å². The van der Waals surface area contributed by atoms with Gasteiger partial charge in [-0.25, -0.2) is 0 Å². The Hall–Kier alpha value is -3.14. The molecule has 0 aromatic heterocycles. The van der Waals surface area contributed by atoms with Crippen molar-refractivity contribution in [2.24, 2.45) is 0 Å². The van der Waals surface area contributed by atoms with Gasteiger partial charge in [0, 0.05) is 28.1 Å². The van der Waals surface area contributed by atoms with Crippen LogP contribution >= 0.6 is 0 Å². The van der Waals surface area contributed by atoms with Crippen LogP contribution in [0.3, 0.4) is 0 Å². The zero-order valence-electron chi connectivity index (χ0n) is 11.7. The van der Waals surface area contributed by atoms with Gasteiger partial charge < -0.3 is 11.5 Å². The van der Waals surface area contributed by atoms with E-state index < -0.39 is 0 Å². The van der Waals surface area contributed by atoms with Crippen molar-refractivity contribution in [2.45, 2.75) is 0 Å². The molecule has 4 nitrogen and oxygen atoms in total. The number of ketones is 1. The second-order valence-electron chi connectivity index (χ2n) is 5.12. The van der Waals surface area contributed by atoms with Crippen LogP contribution < -0.4 is 11.5 Å². The monoisotopic (exact) mass is 290 g/mol. The van der Waals surface area contributed by atoms with Crippen molar-refractivity contribution >= 4 is 34.2 Å². The molecule has 0 amide bonds.